The Labute approximate surface area is 146 Å². The molecule has 6 nitrogen and oxygen atoms in total. The summed E-state index contributed by atoms with van der Waals surface area (Å²) in [6, 6.07) is 5.38. The summed E-state index contributed by atoms with van der Waals surface area (Å²) >= 11 is 1.49. The topological polar surface area (TPSA) is 71.3 Å². The summed E-state index contributed by atoms with van der Waals surface area (Å²) in [6.07, 6.45) is 5.77. The van der Waals surface area contributed by atoms with Crippen LogP contribution in [0.25, 0.3) is 0 Å². The van der Waals surface area contributed by atoms with Crippen LogP contribution in [0.1, 0.15) is 29.2 Å². The van der Waals surface area contributed by atoms with Crippen molar-refractivity contribution in [3.8, 4) is 0 Å². The van der Waals surface area contributed by atoms with Crippen LogP contribution in [0.3, 0.4) is 0 Å². The van der Waals surface area contributed by atoms with Crippen molar-refractivity contribution < 1.29 is 9.21 Å². The molecule has 3 rings (SSSR count). The number of amides is 1. The third kappa shape index (κ3) is 4.58. The molecule has 24 heavy (non-hydrogen) atoms. The van der Waals surface area contributed by atoms with Crippen LogP contribution in [0.5, 0.6) is 0 Å². The number of carbonyl (C=O) groups excluding carboxylic acids is 1. The molecule has 0 radical (unpaired) electrons. The van der Waals surface area contributed by atoms with Gasteiger partial charge >= 0.3 is 0 Å². The summed E-state index contributed by atoms with van der Waals surface area (Å²) in [7, 11) is 1.84. The molecular formula is C17H22N4O2S. The first kappa shape index (κ1) is 17.0. The number of furan rings is 1. The van der Waals surface area contributed by atoms with Crippen LogP contribution in [-0.4, -0.2) is 47.5 Å². The van der Waals surface area contributed by atoms with Gasteiger partial charge in [-0.25, -0.2) is 9.97 Å². The van der Waals surface area contributed by atoms with Gasteiger partial charge in [0.15, 0.2) is 10.9 Å². The molecule has 1 fully saturated rings. The minimum absolute atomic E-state index is 0.0622. The molecule has 0 aliphatic carbocycles. The van der Waals surface area contributed by atoms with Gasteiger partial charge in [0.25, 0.3) is 5.91 Å². The number of aromatic nitrogens is 2. The Morgan fingerprint density at radius 3 is 3.00 bits per heavy atom. The van der Waals surface area contributed by atoms with E-state index in [4.69, 9.17) is 4.42 Å². The Balaban J connectivity index is 1.52. The zero-order valence-corrected chi connectivity index (χ0v) is 14.6. The predicted octanol–water partition coefficient (Wildman–Crippen LogP) is 2.43. The van der Waals surface area contributed by atoms with Gasteiger partial charge in [0, 0.05) is 26.0 Å². The Bertz CT molecular complexity index is 656. The average Bonchev–Trinajstić information content (AvgIpc) is 3.10. The van der Waals surface area contributed by atoms with Crippen LogP contribution in [0.2, 0.25) is 0 Å². The van der Waals surface area contributed by atoms with Crippen molar-refractivity contribution in [3.63, 3.8) is 0 Å². The number of thioether (sulfide) groups is 1. The lowest BCUT2D eigenvalue weighted by Crippen LogP contribution is -2.39. The molecule has 1 N–H and O–H groups in total. The summed E-state index contributed by atoms with van der Waals surface area (Å²) in [4.78, 5) is 22.6. The first-order chi connectivity index (χ1) is 11.7. The molecular weight excluding hydrogens is 324 g/mol. The fourth-order valence-electron chi connectivity index (χ4n) is 2.80. The summed E-state index contributed by atoms with van der Waals surface area (Å²) in [6.45, 7) is 2.82. The van der Waals surface area contributed by atoms with Gasteiger partial charge in [-0.2, -0.15) is 0 Å². The van der Waals surface area contributed by atoms with Crippen LogP contribution in [0, 0.1) is 5.92 Å². The maximum atomic E-state index is 12.5. The van der Waals surface area contributed by atoms with E-state index < -0.39 is 0 Å². The van der Waals surface area contributed by atoms with E-state index >= 15 is 0 Å². The molecule has 0 bridgehead atoms. The third-order valence-corrected chi connectivity index (χ3v) is 4.93. The monoisotopic (exact) mass is 346 g/mol. The highest BCUT2D eigenvalue weighted by Gasteiger charge is 2.21. The molecule has 128 valence electrons. The lowest BCUT2D eigenvalue weighted by Gasteiger charge is -2.27. The van der Waals surface area contributed by atoms with E-state index in [1.807, 2.05) is 13.1 Å². The molecule has 3 heterocycles. The van der Waals surface area contributed by atoms with Gasteiger partial charge in [0.05, 0.1) is 5.75 Å². The van der Waals surface area contributed by atoms with Crippen molar-refractivity contribution in [2.24, 2.45) is 5.92 Å². The highest BCUT2D eigenvalue weighted by atomic mass is 32.2. The van der Waals surface area contributed by atoms with Crippen molar-refractivity contribution in [1.82, 2.24) is 20.2 Å². The number of hydrogen-bond acceptors (Lipinski definition) is 6. The Morgan fingerprint density at radius 2 is 2.25 bits per heavy atom. The minimum atomic E-state index is -0.0622. The van der Waals surface area contributed by atoms with Gasteiger partial charge in [0.2, 0.25) is 0 Å². The van der Waals surface area contributed by atoms with Crippen molar-refractivity contribution >= 4 is 17.7 Å². The molecule has 1 saturated heterocycles. The van der Waals surface area contributed by atoms with E-state index in [0.717, 1.165) is 25.4 Å². The van der Waals surface area contributed by atoms with Gasteiger partial charge in [-0.15, -0.1) is 0 Å². The molecule has 1 aliphatic heterocycles. The van der Waals surface area contributed by atoms with Gasteiger partial charge in [0.1, 0.15) is 5.76 Å². The predicted molar refractivity (Wildman–Crippen MR) is 92.9 cm³/mol. The highest BCUT2D eigenvalue weighted by Crippen LogP contribution is 2.21. The number of hydrogen-bond donors (Lipinski definition) is 1. The fourth-order valence-corrected chi connectivity index (χ4v) is 3.50. The minimum Gasteiger partial charge on any atom is -0.455 e. The normalized spacial score (nSPS) is 17.6. The Morgan fingerprint density at radius 1 is 1.42 bits per heavy atom. The van der Waals surface area contributed by atoms with E-state index in [0.29, 0.717) is 22.6 Å². The second-order valence-corrected chi connectivity index (χ2v) is 6.93. The van der Waals surface area contributed by atoms with Gasteiger partial charge in [-0.1, -0.05) is 11.8 Å². The second-order valence-electron chi connectivity index (χ2n) is 5.98. The summed E-state index contributed by atoms with van der Waals surface area (Å²) < 4.78 is 5.69. The van der Waals surface area contributed by atoms with Crippen LogP contribution < -0.4 is 5.32 Å². The molecule has 7 heteroatoms. The summed E-state index contributed by atoms with van der Waals surface area (Å²) in [5, 5.41) is 4.08. The van der Waals surface area contributed by atoms with Gasteiger partial charge < -0.3 is 14.6 Å². The molecule has 2 aromatic heterocycles. The number of carbonyl (C=O) groups is 1. The van der Waals surface area contributed by atoms with E-state index in [-0.39, 0.29) is 5.91 Å². The van der Waals surface area contributed by atoms with Crippen molar-refractivity contribution in [2.45, 2.75) is 23.8 Å². The molecule has 0 spiro atoms. The maximum absolute atomic E-state index is 12.5. The van der Waals surface area contributed by atoms with Crippen LogP contribution >= 0.6 is 11.8 Å². The fraction of sp³-hybridized carbons (Fsp3) is 0.471. The lowest BCUT2D eigenvalue weighted by molar-refractivity contribution is 0.0731. The molecule has 2 aromatic rings. The number of piperidine rings is 1. The zero-order chi connectivity index (χ0) is 16.8. The second kappa shape index (κ2) is 8.30. The van der Waals surface area contributed by atoms with Crippen molar-refractivity contribution in [1.29, 1.82) is 0 Å². The van der Waals surface area contributed by atoms with Crippen LogP contribution in [0.15, 0.2) is 40.2 Å². The van der Waals surface area contributed by atoms with Crippen molar-refractivity contribution in [2.75, 3.05) is 26.7 Å². The molecule has 1 amide bonds. The van der Waals surface area contributed by atoms with E-state index in [2.05, 4.69) is 15.3 Å². The number of nitrogens with one attached hydrogen (secondary N) is 1. The van der Waals surface area contributed by atoms with Gasteiger partial charge in [-0.05, 0) is 50.0 Å². The van der Waals surface area contributed by atoms with Crippen molar-refractivity contribution in [3.05, 3.63) is 42.1 Å². The number of nitrogens with zero attached hydrogens (tertiary/aromatic N) is 3. The first-order valence-electron chi connectivity index (χ1n) is 8.17. The third-order valence-electron chi connectivity index (χ3n) is 4.04. The Kier molecular flexibility index (Phi) is 5.87. The molecule has 0 saturated carbocycles. The highest BCUT2D eigenvalue weighted by molar-refractivity contribution is 7.98. The van der Waals surface area contributed by atoms with E-state index in [9.17, 15) is 4.79 Å². The Hall–Kier alpha value is -1.86. The summed E-state index contributed by atoms with van der Waals surface area (Å²) in [5.41, 5.74) is 0. The molecule has 1 aliphatic rings. The van der Waals surface area contributed by atoms with Gasteiger partial charge in [-0.3, -0.25) is 4.79 Å². The number of rotatable bonds is 6. The van der Waals surface area contributed by atoms with Crippen LogP contribution in [0.4, 0.5) is 0 Å². The SMILES string of the molecule is CN(CC1CCCNC1)C(=O)c1ccc(CSc2ncccn2)o1. The lowest BCUT2D eigenvalue weighted by atomic mass is 9.99. The average molecular weight is 346 g/mol. The van der Waals surface area contributed by atoms with Crippen LogP contribution in [-0.2, 0) is 5.75 Å². The first-order valence-corrected chi connectivity index (χ1v) is 9.15. The maximum Gasteiger partial charge on any atom is 0.289 e. The molecule has 1 atom stereocenters. The zero-order valence-electron chi connectivity index (χ0n) is 13.8. The standard InChI is InChI=1S/C17H22N4O2S/c1-21(11-13-4-2-7-18-10-13)16(22)15-6-5-14(23-15)12-24-17-19-8-3-9-20-17/h3,5-6,8-9,13,18H,2,4,7,10-12H2,1H3. The summed E-state index contributed by atoms with van der Waals surface area (Å²) in [5.74, 6) is 2.21. The molecule has 1 unspecified atom stereocenters. The van der Waals surface area contributed by atoms with E-state index in [1.54, 1.807) is 29.4 Å². The quantitative estimate of drug-likeness (QED) is 0.640. The smallest absolute Gasteiger partial charge is 0.289 e. The van der Waals surface area contributed by atoms with E-state index in [1.165, 1.54) is 24.6 Å². The largest absolute Gasteiger partial charge is 0.455 e. The molecule has 0 aromatic carbocycles.